The lowest BCUT2D eigenvalue weighted by molar-refractivity contribution is 0.0520. The molecule has 26 heavy (non-hydrogen) atoms. The molecule has 1 aliphatic rings. The highest BCUT2D eigenvalue weighted by molar-refractivity contribution is 8.19. The van der Waals surface area contributed by atoms with Crippen molar-refractivity contribution in [2.24, 2.45) is 0 Å². The van der Waals surface area contributed by atoms with Crippen LogP contribution in [0.4, 0.5) is 0 Å². The summed E-state index contributed by atoms with van der Waals surface area (Å²) in [4.78, 5) is 29.5. The molecule has 6 nitrogen and oxygen atoms in total. The molecule has 2 aromatic heterocycles. The zero-order valence-corrected chi connectivity index (χ0v) is 15.6. The molecule has 134 valence electrons. The zero-order chi connectivity index (χ0) is 18.3. The third kappa shape index (κ3) is 2.73. The maximum atomic E-state index is 13.1. The van der Waals surface area contributed by atoms with Crippen LogP contribution in [0.15, 0.2) is 35.1 Å². The summed E-state index contributed by atoms with van der Waals surface area (Å²) in [5.41, 5.74) is 0.850. The number of esters is 1. The molecule has 1 aliphatic heterocycles. The van der Waals surface area contributed by atoms with Gasteiger partial charge in [-0.3, -0.25) is 9.20 Å². The monoisotopic (exact) mass is 388 g/mol. The van der Waals surface area contributed by atoms with Crippen molar-refractivity contribution in [3.8, 4) is 5.88 Å². The van der Waals surface area contributed by atoms with Crippen molar-refractivity contribution in [2.45, 2.75) is 11.5 Å². The predicted octanol–water partition coefficient (Wildman–Crippen LogP) is 3.21. The van der Waals surface area contributed by atoms with Crippen LogP contribution in [-0.4, -0.2) is 38.6 Å². The third-order valence-corrected chi connectivity index (χ3v) is 7.23. The topological polar surface area (TPSA) is 80.9 Å². The Labute approximate surface area is 157 Å². The van der Waals surface area contributed by atoms with Crippen LogP contribution in [0.3, 0.4) is 0 Å². The van der Waals surface area contributed by atoms with Gasteiger partial charge in [0.25, 0.3) is 5.56 Å². The van der Waals surface area contributed by atoms with Crippen LogP contribution in [0.25, 0.3) is 16.6 Å². The first-order valence-electron chi connectivity index (χ1n) is 8.19. The fourth-order valence-corrected chi connectivity index (χ4v) is 5.93. The predicted molar refractivity (Wildman–Crippen MR) is 104 cm³/mol. The number of pyridine rings is 1. The maximum absolute atomic E-state index is 13.1. The van der Waals surface area contributed by atoms with Crippen LogP contribution < -0.4 is 5.56 Å². The first-order valence-corrected chi connectivity index (χ1v) is 10.3. The Morgan fingerprint density at radius 3 is 2.81 bits per heavy atom. The minimum Gasteiger partial charge on any atom is -0.492 e. The van der Waals surface area contributed by atoms with E-state index in [0.29, 0.717) is 11.2 Å². The Bertz CT molecular complexity index is 1070. The molecule has 0 saturated carbocycles. The molecule has 0 unspecified atom stereocenters. The summed E-state index contributed by atoms with van der Waals surface area (Å²) in [6.45, 7) is 1.75. The largest absolute Gasteiger partial charge is 0.492 e. The van der Waals surface area contributed by atoms with Gasteiger partial charge in [-0.25, -0.2) is 4.79 Å². The van der Waals surface area contributed by atoms with E-state index in [2.05, 4.69) is 4.98 Å². The average Bonchev–Trinajstić information content (AvgIpc) is 3.15. The molecule has 0 amide bonds. The van der Waals surface area contributed by atoms with Gasteiger partial charge in [0.1, 0.15) is 5.65 Å². The molecule has 0 atom stereocenters. The summed E-state index contributed by atoms with van der Waals surface area (Å²) >= 11 is 3.57. The molecule has 1 N–H and O–H groups in total. The van der Waals surface area contributed by atoms with E-state index < -0.39 is 23.0 Å². The molecule has 1 fully saturated rings. The summed E-state index contributed by atoms with van der Waals surface area (Å²) < 4.78 is 6.47. The molecular weight excluding hydrogens is 372 g/mol. The highest BCUT2D eigenvalue weighted by Crippen LogP contribution is 2.47. The summed E-state index contributed by atoms with van der Waals surface area (Å²) in [7, 11) is 0. The summed E-state index contributed by atoms with van der Waals surface area (Å²) in [6.07, 6.45) is 0. The number of hydrogen-bond donors (Lipinski definition) is 1. The van der Waals surface area contributed by atoms with Gasteiger partial charge in [0.15, 0.2) is 5.56 Å². The molecule has 0 spiro atoms. The van der Waals surface area contributed by atoms with Crippen LogP contribution >= 0.6 is 23.5 Å². The SMILES string of the molecule is CCOC(=O)c1c(O)nc2c(C3SCCS3)cc3ccccc3n2c1=O. The number of thioether (sulfide) groups is 2. The van der Waals surface area contributed by atoms with E-state index in [-0.39, 0.29) is 11.2 Å². The van der Waals surface area contributed by atoms with Crippen LogP contribution in [0, 0.1) is 0 Å². The molecule has 0 bridgehead atoms. The molecular formula is C18H16N2O4S2. The van der Waals surface area contributed by atoms with Crippen LogP contribution in [0.2, 0.25) is 0 Å². The van der Waals surface area contributed by atoms with Crippen LogP contribution in [0.5, 0.6) is 5.88 Å². The first kappa shape index (κ1) is 17.2. The molecule has 0 radical (unpaired) electrons. The molecule has 4 rings (SSSR count). The lowest BCUT2D eigenvalue weighted by Gasteiger charge is -2.16. The molecule has 1 saturated heterocycles. The Morgan fingerprint density at radius 1 is 1.35 bits per heavy atom. The van der Waals surface area contributed by atoms with Gasteiger partial charge in [-0.05, 0) is 24.4 Å². The number of carbonyl (C=O) groups is 1. The minimum absolute atomic E-state index is 0.108. The Morgan fingerprint density at radius 2 is 2.08 bits per heavy atom. The normalized spacial score (nSPS) is 15.0. The molecule has 0 aliphatic carbocycles. The van der Waals surface area contributed by atoms with Gasteiger partial charge >= 0.3 is 5.97 Å². The second kappa shape index (κ2) is 6.85. The average molecular weight is 388 g/mol. The number of aromatic nitrogens is 2. The van der Waals surface area contributed by atoms with Crippen molar-refractivity contribution in [3.63, 3.8) is 0 Å². The van der Waals surface area contributed by atoms with Gasteiger partial charge in [-0.1, -0.05) is 18.2 Å². The van der Waals surface area contributed by atoms with Crippen molar-refractivity contribution >= 4 is 46.0 Å². The number of ether oxygens (including phenoxy) is 1. The van der Waals surface area contributed by atoms with Crippen molar-refractivity contribution in [2.75, 3.05) is 18.1 Å². The number of aromatic hydroxyl groups is 1. The number of nitrogens with zero attached hydrogens (tertiary/aromatic N) is 2. The molecule has 1 aromatic carbocycles. The second-order valence-electron chi connectivity index (χ2n) is 5.73. The van der Waals surface area contributed by atoms with Gasteiger partial charge in [-0.15, -0.1) is 23.5 Å². The number of para-hydroxylation sites is 1. The van der Waals surface area contributed by atoms with E-state index in [1.54, 1.807) is 36.5 Å². The quantitative estimate of drug-likeness (QED) is 0.545. The fourth-order valence-electron chi connectivity index (χ4n) is 3.07. The van der Waals surface area contributed by atoms with Crippen LogP contribution in [0.1, 0.15) is 27.4 Å². The lowest BCUT2D eigenvalue weighted by Crippen LogP contribution is -2.26. The molecule has 3 heterocycles. The van der Waals surface area contributed by atoms with E-state index >= 15 is 0 Å². The Kier molecular flexibility index (Phi) is 4.54. The van der Waals surface area contributed by atoms with Gasteiger partial charge in [0, 0.05) is 17.1 Å². The smallest absolute Gasteiger partial charge is 0.349 e. The highest BCUT2D eigenvalue weighted by atomic mass is 32.2. The second-order valence-corrected chi connectivity index (χ2v) is 8.45. The number of hydrogen-bond acceptors (Lipinski definition) is 7. The standard InChI is InChI=1S/C18H16N2O4S2/c1-2-24-17(23)13-15(21)19-14-11(18-25-7-8-26-18)9-10-5-3-4-6-12(10)20(14)16(13)22/h3-6,9,18,21H,2,7-8H2,1H3. The highest BCUT2D eigenvalue weighted by Gasteiger charge is 2.27. The fraction of sp³-hybridized carbons (Fsp3) is 0.278. The zero-order valence-electron chi connectivity index (χ0n) is 14.0. The minimum atomic E-state index is -0.865. The number of rotatable bonds is 3. The molecule has 8 heteroatoms. The lowest BCUT2D eigenvalue weighted by atomic mass is 10.1. The number of benzene rings is 1. The summed E-state index contributed by atoms with van der Waals surface area (Å²) in [6, 6.07) is 9.46. The van der Waals surface area contributed by atoms with E-state index in [9.17, 15) is 14.7 Å². The van der Waals surface area contributed by atoms with E-state index in [4.69, 9.17) is 4.74 Å². The summed E-state index contributed by atoms with van der Waals surface area (Å²) in [5, 5.41) is 11.2. The van der Waals surface area contributed by atoms with E-state index in [0.717, 1.165) is 22.5 Å². The van der Waals surface area contributed by atoms with Gasteiger partial charge in [0.05, 0.1) is 16.7 Å². The van der Waals surface area contributed by atoms with E-state index in [1.165, 1.54) is 4.40 Å². The molecule has 3 aromatic rings. The Hall–Kier alpha value is -2.19. The van der Waals surface area contributed by atoms with Crippen molar-refractivity contribution < 1.29 is 14.6 Å². The maximum Gasteiger partial charge on any atom is 0.349 e. The Balaban J connectivity index is 2.11. The van der Waals surface area contributed by atoms with Crippen molar-refractivity contribution in [1.29, 1.82) is 0 Å². The van der Waals surface area contributed by atoms with Gasteiger partial charge in [0.2, 0.25) is 5.88 Å². The summed E-state index contributed by atoms with van der Waals surface area (Å²) in [5.74, 6) is 0.589. The van der Waals surface area contributed by atoms with Crippen molar-refractivity contribution in [1.82, 2.24) is 9.38 Å². The third-order valence-electron chi connectivity index (χ3n) is 4.17. The number of fused-ring (bicyclic) bond motifs is 3. The van der Waals surface area contributed by atoms with Crippen LogP contribution in [-0.2, 0) is 4.74 Å². The van der Waals surface area contributed by atoms with Gasteiger partial charge in [-0.2, -0.15) is 4.98 Å². The van der Waals surface area contributed by atoms with Gasteiger partial charge < -0.3 is 9.84 Å². The first-order chi connectivity index (χ1) is 12.6. The van der Waals surface area contributed by atoms with Crippen molar-refractivity contribution in [3.05, 3.63) is 51.8 Å². The number of carbonyl (C=O) groups excluding carboxylic acids is 1. The van der Waals surface area contributed by atoms with E-state index in [1.807, 2.05) is 24.3 Å².